The van der Waals surface area contributed by atoms with Crippen LogP contribution >= 0.6 is 0 Å². The summed E-state index contributed by atoms with van der Waals surface area (Å²) >= 11 is 0. The van der Waals surface area contributed by atoms with Crippen molar-refractivity contribution in [3.05, 3.63) is 35.4 Å². The standard InChI is InChI=1S/C13H19NO2/c1-10-4-3-5-11(8-10)9-13(15)12(14)6-7-16-2/h3-5,8,12H,6-7,9,14H2,1-2H3. The summed E-state index contributed by atoms with van der Waals surface area (Å²) in [7, 11) is 1.61. The molecule has 0 aliphatic heterocycles. The van der Waals surface area contributed by atoms with Crippen molar-refractivity contribution < 1.29 is 9.53 Å². The zero-order valence-corrected chi connectivity index (χ0v) is 9.90. The van der Waals surface area contributed by atoms with Crippen LogP contribution in [-0.4, -0.2) is 25.5 Å². The summed E-state index contributed by atoms with van der Waals surface area (Å²) in [5, 5.41) is 0. The summed E-state index contributed by atoms with van der Waals surface area (Å²) in [5.41, 5.74) is 7.95. The lowest BCUT2D eigenvalue weighted by atomic mass is 10.0. The number of ether oxygens (including phenoxy) is 1. The van der Waals surface area contributed by atoms with Crippen molar-refractivity contribution in [1.29, 1.82) is 0 Å². The van der Waals surface area contributed by atoms with Gasteiger partial charge in [-0.1, -0.05) is 29.8 Å². The van der Waals surface area contributed by atoms with Gasteiger partial charge in [0, 0.05) is 20.1 Å². The van der Waals surface area contributed by atoms with Crippen molar-refractivity contribution >= 4 is 5.78 Å². The molecule has 0 heterocycles. The highest BCUT2D eigenvalue weighted by atomic mass is 16.5. The fourth-order valence-electron chi connectivity index (χ4n) is 1.56. The Hall–Kier alpha value is -1.19. The molecule has 0 spiro atoms. The maximum atomic E-state index is 11.7. The molecular formula is C13H19NO2. The van der Waals surface area contributed by atoms with Gasteiger partial charge in [0.05, 0.1) is 6.04 Å². The monoisotopic (exact) mass is 221 g/mol. The predicted molar refractivity (Wildman–Crippen MR) is 64.4 cm³/mol. The van der Waals surface area contributed by atoms with E-state index in [0.29, 0.717) is 19.4 Å². The Kier molecular flexibility index (Phi) is 5.15. The Labute approximate surface area is 96.6 Å². The molecule has 1 atom stereocenters. The van der Waals surface area contributed by atoms with E-state index in [1.54, 1.807) is 7.11 Å². The number of rotatable bonds is 6. The molecule has 1 rings (SSSR count). The SMILES string of the molecule is COCCC(N)C(=O)Cc1cccc(C)c1. The van der Waals surface area contributed by atoms with Gasteiger partial charge in [-0.05, 0) is 18.9 Å². The van der Waals surface area contributed by atoms with Crippen LogP contribution in [0.1, 0.15) is 17.5 Å². The minimum absolute atomic E-state index is 0.0719. The van der Waals surface area contributed by atoms with Crippen LogP contribution in [0.15, 0.2) is 24.3 Å². The first-order valence-corrected chi connectivity index (χ1v) is 5.46. The number of hydrogen-bond donors (Lipinski definition) is 1. The topological polar surface area (TPSA) is 52.3 Å². The molecule has 16 heavy (non-hydrogen) atoms. The molecule has 0 aliphatic carbocycles. The Bertz CT molecular complexity index is 350. The molecule has 3 heteroatoms. The van der Waals surface area contributed by atoms with Crippen LogP contribution in [0.25, 0.3) is 0 Å². The number of nitrogens with two attached hydrogens (primary N) is 1. The third-order valence-electron chi connectivity index (χ3n) is 2.51. The molecule has 88 valence electrons. The summed E-state index contributed by atoms with van der Waals surface area (Å²) in [6, 6.07) is 7.52. The third-order valence-corrected chi connectivity index (χ3v) is 2.51. The molecule has 3 nitrogen and oxygen atoms in total. The molecule has 0 amide bonds. The minimum atomic E-state index is -0.416. The van der Waals surface area contributed by atoms with Crippen molar-refractivity contribution in [2.45, 2.75) is 25.8 Å². The van der Waals surface area contributed by atoms with Crippen LogP contribution in [0, 0.1) is 6.92 Å². The number of ketones is 1. The van der Waals surface area contributed by atoms with Crippen molar-refractivity contribution in [2.24, 2.45) is 5.73 Å². The normalized spacial score (nSPS) is 12.4. The van der Waals surface area contributed by atoms with E-state index in [9.17, 15) is 4.79 Å². The second-order valence-electron chi connectivity index (χ2n) is 4.02. The molecule has 0 fully saturated rings. The summed E-state index contributed by atoms with van der Waals surface area (Å²) in [4.78, 5) is 11.7. The molecule has 1 unspecified atom stereocenters. The Morgan fingerprint density at radius 2 is 2.25 bits per heavy atom. The number of Topliss-reactive ketones (excluding diaryl/α,β-unsaturated/α-hetero) is 1. The first kappa shape index (κ1) is 12.9. The highest BCUT2D eigenvalue weighted by Crippen LogP contribution is 2.06. The van der Waals surface area contributed by atoms with E-state index in [2.05, 4.69) is 0 Å². The molecule has 0 aromatic heterocycles. The van der Waals surface area contributed by atoms with Gasteiger partial charge in [0.2, 0.25) is 0 Å². The summed E-state index contributed by atoms with van der Waals surface area (Å²) < 4.78 is 4.90. The van der Waals surface area contributed by atoms with Gasteiger partial charge in [-0.25, -0.2) is 0 Å². The summed E-state index contributed by atoms with van der Waals surface area (Å²) in [6.07, 6.45) is 0.994. The number of hydrogen-bond acceptors (Lipinski definition) is 3. The molecule has 0 radical (unpaired) electrons. The highest BCUT2D eigenvalue weighted by Gasteiger charge is 2.13. The molecule has 1 aromatic rings. The fourth-order valence-corrected chi connectivity index (χ4v) is 1.56. The van der Waals surface area contributed by atoms with Crippen LogP contribution in [0.4, 0.5) is 0 Å². The average molecular weight is 221 g/mol. The number of carbonyl (C=O) groups is 1. The van der Waals surface area contributed by atoms with Crippen LogP contribution in [0.2, 0.25) is 0 Å². The molecule has 0 saturated carbocycles. The molecule has 1 aromatic carbocycles. The number of carbonyl (C=O) groups excluding carboxylic acids is 1. The Morgan fingerprint density at radius 3 is 2.88 bits per heavy atom. The Morgan fingerprint density at radius 1 is 1.50 bits per heavy atom. The van der Waals surface area contributed by atoms with Gasteiger partial charge in [-0.3, -0.25) is 4.79 Å². The van der Waals surface area contributed by atoms with Crippen LogP contribution in [0.5, 0.6) is 0 Å². The van der Waals surface area contributed by atoms with Crippen LogP contribution in [-0.2, 0) is 16.0 Å². The van der Waals surface area contributed by atoms with Crippen molar-refractivity contribution in [2.75, 3.05) is 13.7 Å². The van der Waals surface area contributed by atoms with E-state index in [-0.39, 0.29) is 5.78 Å². The first-order chi connectivity index (χ1) is 7.63. The molecule has 0 aliphatic rings. The molecule has 2 N–H and O–H groups in total. The summed E-state index contributed by atoms with van der Waals surface area (Å²) in [5.74, 6) is 0.0719. The minimum Gasteiger partial charge on any atom is -0.385 e. The van der Waals surface area contributed by atoms with Crippen LogP contribution < -0.4 is 5.73 Å². The zero-order valence-electron chi connectivity index (χ0n) is 9.90. The van der Waals surface area contributed by atoms with Crippen LogP contribution in [0.3, 0.4) is 0 Å². The Balaban J connectivity index is 2.50. The van der Waals surface area contributed by atoms with Crippen molar-refractivity contribution in [3.8, 4) is 0 Å². The smallest absolute Gasteiger partial charge is 0.153 e. The highest BCUT2D eigenvalue weighted by molar-refractivity contribution is 5.85. The van der Waals surface area contributed by atoms with E-state index in [4.69, 9.17) is 10.5 Å². The quantitative estimate of drug-likeness (QED) is 0.791. The van der Waals surface area contributed by atoms with Gasteiger partial charge in [0.15, 0.2) is 5.78 Å². The van der Waals surface area contributed by atoms with Gasteiger partial charge in [-0.15, -0.1) is 0 Å². The molecule has 0 bridgehead atoms. The lowest BCUT2D eigenvalue weighted by molar-refractivity contribution is -0.120. The maximum Gasteiger partial charge on any atom is 0.153 e. The fraction of sp³-hybridized carbons (Fsp3) is 0.462. The largest absolute Gasteiger partial charge is 0.385 e. The van der Waals surface area contributed by atoms with Gasteiger partial charge < -0.3 is 10.5 Å². The number of benzene rings is 1. The second kappa shape index (κ2) is 6.40. The summed E-state index contributed by atoms with van der Waals surface area (Å²) in [6.45, 7) is 2.54. The zero-order chi connectivity index (χ0) is 12.0. The van der Waals surface area contributed by atoms with E-state index in [1.807, 2.05) is 31.2 Å². The van der Waals surface area contributed by atoms with E-state index in [1.165, 1.54) is 0 Å². The number of methoxy groups -OCH3 is 1. The van der Waals surface area contributed by atoms with E-state index < -0.39 is 6.04 Å². The second-order valence-corrected chi connectivity index (χ2v) is 4.02. The lowest BCUT2D eigenvalue weighted by Crippen LogP contribution is -2.32. The third kappa shape index (κ3) is 4.13. The van der Waals surface area contributed by atoms with Gasteiger partial charge in [0.25, 0.3) is 0 Å². The first-order valence-electron chi connectivity index (χ1n) is 5.46. The molecular weight excluding hydrogens is 202 g/mol. The number of aryl methyl sites for hydroxylation is 1. The van der Waals surface area contributed by atoms with Gasteiger partial charge in [-0.2, -0.15) is 0 Å². The average Bonchev–Trinajstić information content (AvgIpc) is 2.25. The molecule has 0 saturated heterocycles. The van der Waals surface area contributed by atoms with Gasteiger partial charge >= 0.3 is 0 Å². The van der Waals surface area contributed by atoms with Crippen molar-refractivity contribution in [3.63, 3.8) is 0 Å². The van der Waals surface area contributed by atoms with E-state index >= 15 is 0 Å². The van der Waals surface area contributed by atoms with Crippen molar-refractivity contribution in [1.82, 2.24) is 0 Å². The maximum absolute atomic E-state index is 11.7. The lowest BCUT2D eigenvalue weighted by Gasteiger charge is -2.10. The predicted octanol–water partition coefficient (Wildman–Crippen LogP) is 1.47. The van der Waals surface area contributed by atoms with Gasteiger partial charge in [0.1, 0.15) is 0 Å². The van der Waals surface area contributed by atoms with E-state index in [0.717, 1.165) is 11.1 Å².